The van der Waals surface area contributed by atoms with Crippen LogP contribution in [0.15, 0.2) is 82.8 Å². The van der Waals surface area contributed by atoms with E-state index in [-0.39, 0.29) is 23.1 Å². The number of allylic oxidation sites excluding steroid dienone is 1. The first-order valence-electron chi connectivity index (χ1n) is 11.3. The number of carbonyl (C=O) groups excluding carboxylic acids is 1. The SMILES string of the molecule is CC1(C)CC(=O)C2=C(C1)c1c(ccc3ccccc13)N[C@H]2c1ccc(-c2ccc(F)cc2)o1. The van der Waals surface area contributed by atoms with Crippen molar-refractivity contribution in [1.29, 1.82) is 0 Å². The molecule has 0 fully saturated rings. The molecule has 1 atom stereocenters. The van der Waals surface area contributed by atoms with Gasteiger partial charge in [0.25, 0.3) is 0 Å². The topological polar surface area (TPSA) is 42.2 Å². The molecule has 0 bridgehead atoms. The molecule has 6 rings (SSSR count). The standard InChI is InChI=1S/C29H24FNO2/c1-29(2)15-21-26-20-6-4-3-5-17(20)9-12-22(26)31-28(27(21)23(32)16-29)25-14-13-24(33-25)18-7-10-19(30)11-8-18/h3-14,28,31H,15-16H2,1-2H3/t28-/m0/s1. The Labute approximate surface area is 191 Å². The molecule has 2 heterocycles. The highest BCUT2D eigenvalue weighted by atomic mass is 19.1. The predicted molar refractivity (Wildman–Crippen MR) is 129 cm³/mol. The molecule has 3 aromatic carbocycles. The van der Waals surface area contributed by atoms with Crippen LogP contribution in [0.25, 0.3) is 27.7 Å². The van der Waals surface area contributed by atoms with Crippen molar-refractivity contribution in [2.45, 2.75) is 32.7 Å². The van der Waals surface area contributed by atoms with E-state index in [1.54, 1.807) is 12.1 Å². The summed E-state index contributed by atoms with van der Waals surface area (Å²) in [6, 6.07) is 22.2. The number of halogens is 1. The Morgan fingerprint density at radius 3 is 2.55 bits per heavy atom. The Bertz CT molecular complexity index is 1440. The zero-order chi connectivity index (χ0) is 22.7. The second kappa shape index (κ2) is 7.17. The minimum Gasteiger partial charge on any atom is -0.459 e. The normalized spacial score (nSPS) is 19.2. The lowest BCUT2D eigenvalue weighted by Gasteiger charge is -2.39. The van der Waals surface area contributed by atoms with Gasteiger partial charge in [-0.05, 0) is 70.6 Å². The number of hydrogen-bond donors (Lipinski definition) is 1. The van der Waals surface area contributed by atoms with E-state index in [1.807, 2.05) is 24.3 Å². The summed E-state index contributed by atoms with van der Waals surface area (Å²) in [5.74, 6) is 1.22. The van der Waals surface area contributed by atoms with Crippen molar-refractivity contribution in [3.63, 3.8) is 0 Å². The summed E-state index contributed by atoms with van der Waals surface area (Å²) in [4.78, 5) is 13.5. The molecule has 0 saturated heterocycles. The summed E-state index contributed by atoms with van der Waals surface area (Å²) in [5, 5.41) is 5.92. The van der Waals surface area contributed by atoms with E-state index in [2.05, 4.69) is 43.4 Å². The second-order valence-electron chi connectivity index (χ2n) is 9.83. The lowest BCUT2D eigenvalue weighted by atomic mass is 9.68. The third kappa shape index (κ3) is 3.29. The number of anilines is 1. The maximum absolute atomic E-state index is 13.5. The quantitative estimate of drug-likeness (QED) is 0.352. The van der Waals surface area contributed by atoms with Crippen molar-refractivity contribution < 1.29 is 13.6 Å². The molecule has 2 aliphatic rings. The van der Waals surface area contributed by atoms with Gasteiger partial charge in [-0.2, -0.15) is 0 Å². The van der Waals surface area contributed by atoms with Crippen molar-refractivity contribution in [2.75, 3.05) is 5.32 Å². The Hall–Kier alpha value is -3.66. The van der Waals surface area contributed by atoms with Crippen LogP contribution < -0.4 is 5.32 Å². The number of carbonyl (C=O) groups is 1. The fourth-order valence-corrected chi connectivity index (χ4v) is 5.33. The van der Waals surface area contributed by atoms with Gasteiger partial charge in [-0.3, -0.25) is 4.79 Å². The first-order chi connectivity index (χ1) is 15.9. The average molecular weight is 438 g/mol. The van der Waals surface area contributed by atoms with Crippen LogP contribution >= 0.6 is 0 Å². The fourth-order valence-electron chi connectivity index (χ4n) is 5.33. The molecule has 33 heavy (non-hydrogen) atoms. The van der Waals surface area contributed by atoms with E-state index in [9.17, 15) is 9.18 Å². The fraction of sp³-hybridized carbons (Fsp3) is 0.207. The molecule has 0 unspecified atom stereocenters. The molecule has 1 aromatic heterocycles. The summed E-state index contributed by atoms with van der Waals surface area (Å²) >= 11 is 0. The maximum Gasteiger partial charge on any atom is 0.162 e. The largest absolute Gasteiger partial charge is 0.459 e. The predicted octanol–water partition coefficient (Wildman–Crippen LogP) is 7.55. The number of fused-ring (bicyclic) bond motifs is 4. The third-order valence-electron chi connectivity index (χ3n) is 6.78. The molecule has 0 amide bonds. The zero-order valence-corrected chi connectivity index (χ0v) is 18.6. The third-order valence-corrected chi connectivity index (χ3v) is 6.78. The molecule has 1 aliphatic heterocycles. The van der Waals surface area contributed by atoms with Crippen LogP contribution in [0.1, 0.15) is 44.1 Å². The average Bonchev–Trinajstić information content (AvgIpc) is 3.28. The minimum atomic E-state index is -0.355. The van der Waals surface area contributed by atoms with E-state index >= 15 is 0 Å². The number of benzene rings is 3. The van der Waals surface area contributed by atoms with Gasteiger partial charge in [0.05, 0.1) is 0 Å². The van der Waals surface area contributed by atoms with Crippen LogP contribution in [-0.2, 0) is 4.79 Å². The molecule has 1 N–H and O–H groups in total. The summed E-state index contributed by atoms with van der Waals surface area (Å²) in [5.41, 5.74) is 4.77. The van der Waals surface area contributed by atoms with Gasteiger partial charge < -0.3 is 9.73 Å². The van der Waals surface area contributed by atoms with Crippen LogP contribution in [-0.4, -0.2) is 5.78 Å². The highest BCUT2D eigenvalue weighted by Crippen LogP contribution is 2.52. The monoisotopic (exact) mass is 437 g/mol. The van der Waals surface area contributed by atoms with E-state index in [0.29, 0.717) is 17.9 Å². The highest BCUT2D eigenvalue weighted by molar-refractivity contribution is 6.12. The van der Waals surface area contributed by atoms with Crippen LogP contribution in [0, 0.1) is 11.2 Å². The van der Waals surface area contributed by atoms with Gasteiger partial charge in [0, 0.05) is 28.8 Å². The number of hydrogen-bond acceptors (Lipinski definition) is 3. The molecule has 4 heteroatoms. The van der Waals surface area contributed by atoms with Gasteiger partial charge in [0.2, 0.25) is 0 Å². The Morgan fingerprint density at radius 1 is 0.939 bits per heavy atom. The lowest BCUT2D eigenvalue weighted by molar-refractivity contribution is -0.118. The molecule has 3 nitrogen and oxygen atoms in total. The summed E-state index contributed by atoms with van der Waals surface area (Å²) in [6.45, 7) is 4.33. The van der Waals surface area contributed by atoms with Crippen molar-refractivity contribution in [3.05, 3.63) is 95.5 Å². The molecule has 1 aliphatic carbocycles. The number of nitrogens with one attached hydrogen (secondary N) is 1. The van der Waals surface area contributed by atoms with Gasteiger partial charge in [-0.25, -0.2) is 4.39 Å². The van der Waals surface area contributed by atoms with Gasteiger partial charge >= 0.3 is 0 Å². The summed E-state index contributed by atoms with van der Waals surface area (Å²) in [6.07, 6.45) is 1.34. The van der Waals surface area contributed by atoms with Crippen molar-refractivity contribution in [3.8, 4) is 11.3 Å². The van der Waals surface area contributed by atoms with Crippen LogP contribution in [0.2, 0.25) is 0 Å². The molecular weight excluding hydrogens is 413 g/mol. The Kier molecular flexibility index (Phi) is 4.34. The molecular formula is C29H24FNO2. The van der Waals surface area contributed by atoms with Gasteiger partial charge in [0.15, 0.2) is 5.78 Å². The number of ketones is 1. The molecule has 0 spiro atoms. The van der Waals surface area contributed by atoms with Gasteiger partial charge in [-0.1, -0.05) is 44.2 Å². The molecule has 164 valence electrons. The van der Waals surface area contributed by atoms with Crippen molar-refractivity contribution >= 4 is 27.8 Å². The smallest absolute Gasteiger partial charge is 0.162 e. The zero-order valence-electron chi connectivity index (χ0n) is 18.6. The molecule has 4 aromatic rings. The number of furan rings is 1. The van der Waals surface area contributed by atoms with E-state index in [1.165, 1.54) is 12.1 Å². The highest BCUT2D eigenvalue weighted by Gasteiger charge is 2.41. The van der Waals surface area contributed by atoms with E-state index < -0.39 is 0 Å². The van der Waals surface area contributed by atoms with E-state index in [4.69, 9.17) is 4.42 Å². The van der Waals surface area contributed by atoms with Crippen molar-refractivity contribution in [2.24, 2.45) is 5.41 Å². The maximum atomic E-state index is 13.5. The van der Waals surface area contributed by atoms with Crippen LogP contribution in [0.5, 0.6) is 0 Å². The number of Topliss-reactive ketones (excluding diaryl/α,β-unsaturated/α-hetero) is 1. The summed E-state index contributed by atoms with van der Waals surface area (Å²) < 4.78 is 19.6. The first kappa shape index (κ1) is 20.0. The Morgan fingerprint density at radius 2 is 1.73 bits per heavy atom. The van der Waals surface area contributed by atoms with Gasteiger partial charge in [-0.15, -0.1) is 0 Å². The summed E-state index contributed by atoms with van der Waals surface area (Å²) in [7, 11) is 0. The van der Waals surface area contributed by atoms with Crippen molar-refractivity contribution in [1.82, 2.24) is 0 Å². The first-order valence-corrected chi connectivity index (χ1v) is 11.3. The van der Waals surface area contributed by atoms with Crippen LogP contribution in [0.4, 0.5) is 10.1 Å². The van der Waals surface area contributed by atoms with Crippen LogP contribution in [0.3, 0.4) is 0 Å². The van der Waals surface area contributed by atoms with E-state index in [0.717, 1.165) is 45.2 Å². The second-order valence-corrected chi connectivity index (χ2v) is 9.83. The molecule has 0 saturated carbocycles. The Balaban J connectivity index is 1.53. The van der Waals surface area contributed by atoms with Gasteiger partial charge in [0.1, 0.15) is 23.4 Å². The molecule has 0 radical (unpaired) electrons. The number of rotatable bonds is 2. The lowest BCUT2D eigenvalue weighted by Crippen LogP contribution is -2.33. The minimum absolute atomic E-state index is 0.103.